The van der Waals surface area contributed by atoms with Gasteiger partial charge in [0.25, 0.3) is 0 Å². The maximum atomic E-state index is 10.3. The van der Waals surface area contributed by atoms with E-state index in [4.69, 9.17) is 4.98 Å². The van der Waals surface area contributed by atoms with Crippen molar-refractivity contribution < 1.29 is 5.11 Å². The van der Waals surface area contributed by atoms with Crippen LogP contribution in [0.3, 0.4) is 0 Å². The van der Waals surface area contributed by atoms with Crippen LogP contribution in [0.4, 0.5) is 0 Å². The van der Waals surface area contributed by atoms with Gasteiger partial charge in [0, 0.05) is 40.7 Å². The molecule has 4 aromatic rings. The highest BCUT2D eigenvalue weighted by molar-refractivity contribution is 7.18. The molecule has 4 aromatic heterocycles. The molecule has 0 saturated heterocycles. The average Bonchev–Trinajstić information content (AvgIpc) is 3.14. The summed E-state index contributed by atoms with van der Waals surface area (Å²) in [6.45, 7) is 4.03. The number of aliphatic hydroxyl groups excluding tert-OH is 1. The van der Waals surface area contributed by atoms with Crippen LogP contribution in [0, 0.1) is 5.92 Å². The molecule has 0 unspecified atom stereocenters. The van der Waals surface area contributed by atoms with E-state index in [1.165, 1.54) is 0 Å². The molecule has 122 valence electrons. The largest absolute Gasteiger partial charge is 0.387 e. The molecule has 4 rings (SSSR count). The Kier molecular flexibility index (Phi) is 3.58. The summed E-state index contributed by atoms with van der Waals surface area (Å²) in [4.78, 5) is 11.1. The number of fused-ring (bicyclic) bond motifs is 2. The van der Waals surface area contributed by atoms with Crippen LogP contribution in [0.1, 0.15) is 24.8 Å². The zero-order valence-electron chi connectivity index (χ0n) is 13.8. The van der Waals surface area contributed by atoms with Gasteiger partial charge in [-0.15, -0.1) is 11.3 Å². The number of aryl methyl sites for hydroxylation is 1. The van der Waals surface area contributed by atoms with Gasteiger partial charge < -0.3 is 5.11 Å². The number of pyridine rings is 2. The second kappa shape index (κ2) is 5.65. The lowest BCUT2D eigenvalue weighted by Gasteiger charge is -2.11. The Morgan fingerprint density at radius 2 is 2.00 bits per heavy atom. The third-order valence-corrected chi connectivity index (χ3v) is 5.21. The second-order valence-corrected chi connectivity index (χ2v) is 7.43. The molecule has 0 spiro atoms. The van der Waals surface area contributed by atoms with Crippen molar-refractivity contribution in [3.63, 3.8) is 0 Å². The van der Waals surface area contributed by atoms with Gasteiger partial charge in [0.1, 0.15) is 4.83 Å². The third kappa shape index (κ3) is 2.57. The van der Waals surface area contributed by atoms with Gasteiger partial charge in [0.15, 0.2) is 5.65 Å². The van der Waals surface area contributed by atoms with E-state index in [0.29, 0.717) is 0 Å². The van der Waals surface area contributed by atoms with E-state index in [-0.39, 0.29) is 5.92 Å². The summed E-state index contributed by atoms with van der Waals surface area (Å²) in [6.07, 6.45) is 3.31. The number of thiophene rings is 1. The van der Waals surface area contributed by atoms with E-state index in [0.717, 1.165) is 37.4 Å². The first-order chi connectivity index (χ1) is 11.5. The molecule has 5 nitrogen and oxygen atoms in total. The number of aliphatic hydroxyl groups is 1. The summed E-state index contributed by atoms with van der Waals surface area (Å²) in [5.74, 6) is 0.190. The Hall–Kier alpha value is -2.31. The second-order valence-electron chi connectivity index (χ2n) is 6.37. The first-order valence-electron chi connectivity index (χ1n) is 7.89. The summed E-state index contributed by atoms with van der Waals surface area (Å²) in [7, 11) is 1.89. The number of aromatic nitrogens is 4. The number of nitrogens with zero attached hydrogens (tertiary/aromatic N) is 4. The molecule has 24 heavy (non-hydrogen) atoms. The predicted molar refractivity (Wildman–Crippen MR) is 96.9 cm³/mol. The van der Waals surface area contributed by atoms with Crippen LogP contribution >= 0.6 is 11.3 Å². The average molecular weight is 338 g/mol. The maximum absolute atomic E-state index is 10.3. The van der Waals surface area contributed by atoms with Gasteiger partial charge in [-0.25, -0.2) is 9.97 Å². The van der Waals surface area contributed by atoms with Crippen LogP contribution in [-0.4, -0.2) is 24.9 Å². The van der Waals surface area contributed by atoms with Crippen molar-refractivity contribution in [1.82, 2.24) is 19.7 Å². The quantitative estimate of drug-likeness (QED) is 0.615. The van der Waals surface area contributed by atoms with Crippen molar-refractivity contribution >= 4 is 32.6 Å². The molecule has 0 fully saturated rings. The number of hydrogen-bond donors (Lipinski definition) is 1. The Balaban J connectivity index is 1.78. The number of hydrogen-bond acceptors (Lipinski definition) is 5. The summed E-state index contributed by atoms with van der Waals surface area (Å²) in [5.41, 5.74) is 2.59. The van der Waals surface area contributed by atoms with Gasteiger partial charge in [0.2, 0.25) is 0 Å². The third-order valence-electron chi connectivity index (χ3n) is 4.09. The fourth-order valence-corrected chi connectivity index (χ4v) is 3.94. The van der Waals surface area contributed by atoms with E-state index >= 15 is 0 Å². The lowest BCUT2D eigenvalue weighted by molar-refractivity contribution is 0.130. The minimum absolute atomic E-state index is 0.190. The maximum Gasteiger partial charge on any atom is 0.181 e. The minimum atomic E-state index is -0.443. The van der Waals surface area contributed by atoms with Crippen LogP contribution in [0.15, 0.2) is 36.7 Å². The SMILES string of the molecule is CC(C)[C@H](O)c1cc2ccc(-c3cnc4nn(C)cc4c3)nc2s1. The van der Waals surface area contributed by atoms with Crippen LogP contribution in [0.25, 0.3) is 32.5 Å². The smallest absolute Gasteiger partial charge is 0.181 e. The van der Waals surface area contributed by atoms with E-state index in [9.17, 15) is 5.11 Å². The molecule has 0 amide bonds. The van der Waals surface area contributed by atoms with Gasteiger partial charge in [-0.2, -0.15) is 5.10 Å². The summed E-state index contributed by atoms with van der Waals surface area (Å²) in [5, 5.41) is 16.6. The summed E-state index contributed by atoms with van der Waals surface area (Å²) >= 11 is 1.55. The molecule has 1 N–H and O–H groups in total. The first-order valence-corrected chi connectivity index (χ1v) is 8.71. The van der Waals surface area contributed by atoms with Crippen molar-refractivity contribution in [2.45, 2.75) is 20.0 Å². The van der Waals surface area contributed by atoms with Crippen molar-refractivity contribution in [3.05, 3.63) is 41.5 Å². The van der Waals surface area contributed by atoms with Crippen LogP contribution in [0.2, 0.25) is 0 Å². The van der Waals surface area contributed by atoms with Crippen LogP contribution in [-0.2, 0) is 7.05 Å². The van der Waals surface area contributed by atoms with E-state index in [1.54, 1.807) is 22.2 Å². The fourth-order valence-electron chi connectivity index (χ4n) is 2.74. The zero-order chi connectivity index (χ0) is 16.8. The van der Waals surface area contributed by atoms with E-state index in [1.807, 2.05) is 39.2 Å². The molecule has 1 atom stereocenters. The highest BCUT2D eigenvalue weighted by Gasteiger charge is 2.16. The Bertz CT molecular complexity index is 1030. The topological polar surface area (TPSA) is 63.8 Å². The fraction of sp³-hybridized carbons (Fsp3) is 0.278. The van der Waals surface area contributed by atoms with Crippen LogP contribution < -0.4 is 0 Å². The van der Waals surface area contributed by atoms with Gasteiger partial charge in [0.05, 0.1) is 11.8 Å². The van der Waals surface area contributed by atoms with Crippen molar-refractivity contribution in [1.29, 1.82) is 0 Å². The first kappa shape index (κ1) is 15.2. The molecular formula is C18H18N4OS. The van der Waals surface area contributed by atoms with Crippen molar-refractivity contribution in [2.24, 2.45) is 13.0 Å². The molecule has 6 heteroatoms. The van der Waals surface area contributed by atoms with Gasteiger partial charge in [-0.1, -0.05) is 13.8 Å². The van der Waals surface area contributed by atoms with Crippen molar-refractivity contribution in [3.8, 4) is 11.3 Å². The summed E-state index contributed by atoms with van der Waals surface area (Å²) < 4.78 is 1.76. The summed E-state index contributed by atoms with van der Waals surface area (Å²) in [6, 6.07) is 8.14. The van der Waals surface area contributed by atoms with Gasteiger partial charge in [-0.05, 0) is 30.2 Å². The van der Waals surface area contributed by atoms with Crippen LogP contribution in [0.5, 0.6) is 0 Å². The molecule has 0 aliphatic rings. The van der Waals surface area contributed by atoms with Crippen molar-refractivity contribution in [2.75, 3.05) is 0 Å². The molecule has 0 bridgehead atoms. The molecule has 0 radical (unpaired) electrons. The highest BCUT2D eigenvalue weighted by atomic mass is 32.1. The molecule has 0 aliphatic heterocycles. The molecule has 0 saturated carbocycles. The molecular weight excluding hydrogens is 320 g/mol. The lowest BCUT2D eigenvalue weighted by Crippen LogP contribution is -2.02. The lowest BCUT2D eigenvalue weighted by atomic mass is 10.1. The standard InChI is InChI=1S/C18H18N4OS/c1-10(2)16(23)15-7-11-4-5-14(20-18(11)24-15)12-6-13-9-22(3)21-17(13)19-8-12/h4-10,16,23H,1-3H3/t16-/m0/s1. The Morgan fingerprint density at radius 1 is 1.17 bits per heavy atom. The predicted octanol–water partition coefficient (Wildman–Crippen LogP) is 3.93. The van der Waals surface area contributed by atoms with E-state index < -0.39 is 6.10 Å². The Morgan fingerprint density at radius 3 is 2.79 bits per heavy atom. The molecule has 4 heterocycles. The van der Waals surface area contributed by atoms with E-state index in [2.05, 4.69) is 22.2 Å². The Labute approximate surface area is 143 Å². The number of rotatable bonds is 3. The normalized spacial score (nSPS) is 13.2. The minimum Gasteiger partial charge on any atom is -0.387 e. The van der Waals surface area contributed by atoms with Gasteiger partial charge in [-0.3, -0.25) is 4.68 Å². The molecule has 0 aromatic carbocycles. The van der Waals surface area contributed by atoms with Gasteiger partial charge >= 0.3 is 0 Å². The monoisotopic (exact) mass is 338 g/mol. The zero-order valence-corrected chi connectivity index (χ0v) is 14.6. The highest BCUT2D eigenvalue weighted by Crippen LogP contribution is 2.33. The molecule has 0 aliphatic carbocycles.